The van der Waals surface area contributed by atoms with Gasteiger partial charge in [-0.1, -0.05) is 0 Å². The van der Waals surface area contributed by atoms with Gasteiger partial charge in [0, 0.05) is 7.11 Å². The normalized spacial score (nSPS) is 12.9. The molecule has 0 heterocycles. The van der Waals surface area contributed by atoms with Gasteiger partial charge >= 0.3 is 7.67 Å². The molecule has 6 nitrogen and oxygen atoms in total. The van der Waals surface area contributed by atoms with E-state index in [4.69, 9.17) is 14.7 Å². The molecule has 0 aliphatic rings. The van der Waals surface area contributed by atoms with Gasteiger partial charge in [-0.3, -0.25) is 4.57 Å². The van der Waals surface area contributed by atoms with Crippen LogP contribution in [0.2, 0.25) is 0 Å². The van der Waals surface area contributed by atoms with Crippen molar-refractivity contribution < 1.29 is 19.3 Å². The predicted molar refractivity (Wildman–Crippen MR) is 44.3 cm³/mol. The summed E-state index contributed by atoms with van der Waals surface area (Å²) >= 11 is 0. The first kappa shape index (κ1) is 12.0. The van der Waals surface area contributed by atoms with Crippen molar-refractivity contribution in [3.63, 3.8) is 0 Å². The number of hydrogen-bond donors (Lipinski definition) is 2. The Morgan fingerprint density at radius 3 is 1.75 bits per heavy atom. The first-order valence-electron chi connectivity index (χ1n) is 3.33. The van der Waals surface area contributed by atoms with Crippen LogP contribution in [0.25, 0.3) is 0 Å². The summed E-state index contributed by atoms with van der Waals surface area (Å²) in [5.41, 5.74) is 0. The van der Waals surface area contributed by atoms with Crippen LogP contribution in [0.15, 0.2) is 0 Å². The second kappa shape index (κ2) is 4.91. The lowest BCUT2D eigenvalue weighted by molar-refractivity contribution is 0.131. The Morgan fingerprint density at radius 1 is 1.25 bits per heavy atom. The van der Waals surface area contributed by atoms with E-state index in [1.165, 1.54) is 21.2 Å². The molecule has 0 aromatic rings. The fraction of sp³-hybridized carbons (Fsp3) is 1.00. The first-order valence-corrected chi connectivity index (χ1v) is 4.86. The summed E-state index contributed by atoms with van der Waals surface area (Å²) in [5.74, 6) is 0. The Kier molecular flexibility index (Phi) is 4.92. The van der Waals surface area contributed by atoms with E-state index in [-0.39, 0.29) is 0 Å². The Hall–Kier alpha value is 0.0300. The minimum atomic E-state index is -3.22. The van der Waals surface area contributed by atoms with Crippen LogP contribution >= 0.6 is 7.67 Å². The Morgan fingerprint density at radius 2 is 1.58 bits per heavy atom. The van der Waals surface area contributed by atoms with Gasteiger partial charge in [0.25, 0.3) is 0 Å². The van der Waals surface area contributed by atoms with Crippen LogP contribution in [-0.4, -0.2) is 54.2 Å². The average Bonchev–Trinajstić information content (AvgIpc) is 2.13. The maximum Gasteiger partial charge on any atom is 0.349 e. The van der Waals surface area contributed by atoms with Crippen molar-refractivity contribution in [2.45, 2.75) is 0 Å². The predicted octanol–water partition coefficient (Wildman–Crippen LogP) is -0.496. The maximum atomic E-state index is 11.8. The van der Waals surface area contributed by atoms with Gasteiger partial charge in [-0.2, -0.15) is 9.34 Å². The Balaban J connectivity index is 4.55. The molecule has 12 heavy (non-hydrogen) atoms. The Labute approximate surface area is 71.9 Å². The van der Waals surface area contributed by atoms with Crippen molar-refractivity contribution in [1.82, 2.24) is 9.34 Å². The number of aliphatic hydroxyl groups excluding tert-OH is 2. The highest BCUT2D eigenvalue weighted by atomic mass is 31.2. The van der Waals surface area contributed by atoms with E-state index < -0.39 is 21.1 Å². The minimum absolute atomic E-state index is 0.393. The smallest absolute Gasteiger partial charge is 0.349 e. The summed E-state index contributed by atoms with van der Waals surface area (Å²) in [7, 11) is 0.929. The number of rotatable bonds is 5. The molecule has 0 saturated heterocycles. The van der Waals surface area contributed by atoms with E-state index in [0.29, 0.717) is 0 Å². The molecule has 2 N–H and O–H groups in total. The molecule has 0 aromatic heterocycles. The molecule has 0 unspecified atom stereocenters. The van der Waals surface area contributed by atoms with E-state index in [1.54, 1.807) is 0 Å². The first-order chi connectivity index (χ1) is 5.52. The molecule has 0 rings (SSSR count). The van der Waals surface area contributed by atoms with E-state index in [1.807, 2.05) is 0 Å². The van der Waals surface area contributed by atoms with Gasteiger partial charge in [-0.05, 0) is 14.1 Å². The van der Waals surface area contributed by atoms with E-state index in [2.05, 4.69) is 0 Å². The summed E-state index contributed by atoms with van der Waals surface area (Å²) in [4.78, 5) is 0. The molecule has 0 aromatic carbocycles. The zero-order valence-electron chi connectivity index (χ0n) is 7.47. The average molecular weight is 198 g/mol. The molecule has 0 spiro atoms. The van der Waals surface area contributed by atoms with Crippen molar-refractivity contribution >= 4 is 7.67 Å². The van der Waals surface area contributed by atoms with Gasteiger partial charge in [0.05, 0.1) is 0 Å². The molecule has 0 amide bonds. The Bertz CT molecular complexity index is 163. The zero-order valence-corrected chi connectivity index (χ0v) is 8.36. The number of aliphatic hydroxyl groups is 2. The lowest BCUT2D eigenvalue weighted by Gasteiger charge is -2.30. The summed E-state index contributed by atoms with van der Waals surface area (Å²) in [6, 6.07) is 0. The van der Waals surface area contributed by atoms with Gasteiger partial charge in [0.2, 0.25) is 0 Å². The third-order valence-electron chi connectivity index (χ3n) is 1.51. The van der Waals surface area contributed by atoms with Crippen molar-refractivity contribution in [2.75, 3.05) is 34.7 Å². The van der Waals surface area contributed by atoms with Gasteiger partial charge in [0.1, 0.15) is 13.5 Å². The van der Waals surface area contributed by atoms with Crippen molar-refractivity contribution in [3.8, 4) is 0 Å². The molecule has 0 bridgehead atoms. The molecule has 0 radical (unpaired) electrons. The molecule has 0 aliphatic heterocycles. The van der Waals surface area contributed by atoms with Crippen molar-refractivity contribution in [2.24, 2.45) is 0 Å². The number of hydrogen-bond acceptors (Lipinski definition) is 4. The van der Waals surface area contributed by atoms with Crippen LogP contribution < -0.4 is 0 Å². The summed E-state index contributed by atoms with van der Waals surface area (Å²) in [5, 5.41) is 17.4. The van der Waals surface area contributed by atoms with E-state index in [9.17, 15) is 4.57 Å². The SMILES string of the molecule is COP(=O)(N(C)CO)N(C)CO. The molecular weight excluding hydrogens is 183 g/mol. The van der Waals surface area contributed by atoms with Gasteiger partial charge in [-0.25, -0.2) is 0 Å². The second-order valence-electron chi connectivity index (χ2n) is 2.27. The van der Waals surface area contributed by atoms with Gasteiger partial charge < -0.3 is 14.7 Å². The molecule has 0 saturated carbocycles. The molecule has 0 fully saturated rings. The van der Waals surface area contributed by atoms with Crippen LogP contribution in [0, 0.1) is 0 Å². The lowest BCUT2D eigenvalue weighted by atomic mass is 11.2. The second-order valence-corrected chi connectivity index (χ2v) is 4.98. The summed E-state index contributed by atoms with van der Waals surface area (Å²) < 4.78 is 18.7. The zero-order chi connectivity index (χ0) is 9.78. The largest absolute Gasteiger partial charge is 0.381 e. The molecule has 74 valence electrons. The van der Waals surface area contributed by atoms with Crippen LogP contribution in [0.4, 0.5) is 0 Å². The van der Waals surface area contributed by atoms with E-state index >= 15 is 0 Å². The fourth-order valence-electron chi connectivity index (χ4n) is 0.699. The lowest BCUT2D eigenvalue weighted by Crippen LogP contribution is -2.28. The van der Waals surface area contributed by atoms with E-state index in [0.717, 1.165) is 9.34 Å². The highest BCUT2D eigenvalue weighted by molar-refractivity contribution is 7.53. The third-order valence-corrected chi connectivity index (χ3v) is 3.96. The van der Waals surface area contributed by atoms with Gasteiger partial charge in [-0.15, -0.1) is 0 Å². The molecule has 0 atom stereocenters. The molecular formula is C5H15N2O4P. The fourth-order valence-corrected chi connectivity index (χ4v) is 2.10. The topological polar surface area (TPSA) is 73.2 Å². The van der Waals surface area contributed by atoms with Crippen LogP contribution in [-0.2, 0) is 9.09 Å². The standard InChI is InChI=1S/C5H15N2O4P/c1-6(4-8)12(10,11-3)7(2)5-9/h8-9H,4-5H2,1-3H3. The van der Waals surface area contributed by atoms with Crippen molar-refractivity contribution in [1.29, 1.82) is 0 Å². The van der Waals surface area contributed by atoms with Crippen molar-refractivity contribution in [3.05, 3.63) is 0 Å². The molecule has 7 heteroatoms. The highest BCUT2D eigenvalue weighted by Crippen LogP contribution is 2.50. The summed E-state index contributed by atoms with van der Waals surface area (Å²) in [6.07, 6.45) is 0. The minimum Gasteiger partial charge on any atom is -0.381 e. The van der Waals surface area contributed by atoms with Gasteiger partial charge in [0.15, 0.2) is 0 Å². The van der Waals surface area contributed by atoms with Crippen LogP contribution in [0.3, 0.4) is 0 Å². The third kappa shape index (κ3) is 2.26. The highest BCUT2D eigenvalue weighted by Gasteiger charge is 2.32. The number of nitrogens with zero attached hydrogens (tertiary/aromatic N) is 2. The van der Waals surface area contributed by atoms with Crippen LogP contribution in [0.1, 0.15) is 0 Å². The monoisotopic (exact) mass is 198 g/mol. The maximum absolute atomic E-state index is 11.8. The molecule has 0 aliphatic carbocycles. The van der Waals surface area contributed by atoms with Crippen LogP contribution in [0.5, 0.6) is 0 Å². The quantitative estimate of drug-likeness (QED) is 0.458. The summed E-state index contributed by atoms with van der Waals surface area (Å²) in [6.45, 7) is -0.787.